The van der Waals surface area contributed by atoms with E-state index >= 15 is 0 Å². The monoisotopic (exact) mass is 296 g/mol. The first kappa shape index (κ1) is 18.5. The second-order valence-corrected chi connectivity index (χ2v) is 7.25. The molecule has 1 saturated heterocycles. The Kier molecular flexibility index (Phi) is 7.72. The van der Waals surface area contributed by atoms with Crippen LogP contribution in [-0.2, 0) is 4.79 Å². The van der Waals surface area contributed by atoms with Crippen LogP contribution in [0.25, 0.3) is 0 Å². The molecule has 0 radical (unpaired) electrons. The number of rotatable bonds is 9. The molecule has 1 rings (SSSR count). The molecule has 0 saturated carbocycles. The topological polar surface area (TPSA) is 32.3 Å². The van der Waals surface area contributed by atoms with Crippen molar-refractivity contribution in [2.75, 3.05) is 0 Å². The zero-order valence-corrected chi connectivity index (χ0v) is 15.0. The SMILES string of the molecule is CCCC1NC(C(C)CC)C(=O)N1C(C)CCCC(C)C. The van der Waals surface area contributed by atoms with Crippen molar-refractivity contribution in [1.29, 1.82) is 0 Å². The van der Waals surface area contributed by atoms with Gasteiger partial charge >= 0.3 is 0 Å². The standard InChI is InChI=1S/C18H36N2O/c1-7-10-16-19-17(14(5)8-2)18(21)20(16)15(6)12-9-11-13(3)4/h13-17,19H,7-12H2,1-6H3. The molecule has 1 aliphatic heterocycles. The maximum atomic E-state index is 12.8. The van der Waals surface area contributed by atoms with E-state index in [1.54, 1.807) is 0 Å². The Hall–Kier alpha value is -0.570. The Balaban J connectivity index is 2.68. The first-order chi connectivity index (χ1) is 9.92. The summed E-state index contributed by atoms with van der Waals surface area (Å²) in [6.07, 6.45) is 7.08. The van der Waals surface area contributed by atoms with Gasteiger partial charge in [-0.25, -0.2) is 0 Å². The highest BCUT2D eigenvalue weighted by Gasteiger charge is 2.42. The molecular weight excluding hydrogens is 260 g/mol. The molecule has 0 aromatic rings. The molecule has 124 valence electrons. The molecule has 1 heterocycles. The summed E-state index contributed by atoms with van der Waals surface area (Å²) in [5, 5.41) is 3.60. The van der Waals surface area contributed by atoms with Crippen LogP contribution < -0.4 is 5.32 Å². The van der Waals surface area contributed by atoms with Crippen LogP contribution in [0.3, 0.4) is 0 Å². The van der Waals surface area contributed by atoms with Crippen molar-refractivity contribution in [2.45, 2.75) is 98.3 Å². The molecule has 21 heavy (non-hydrogen) atoms. The molecule has 0 aliphatic carbocycles. The van der Waals surface area contributed by atoms with Crippen molar-refractivity contribution >= 4 is 5.91 Å². The van der Waals surface area contributed by atoms with Crippen molar-refractivity contribution in [3.8, 4) is 0 Å². The minimum atomic E-state index is 0.0269. The van der Waals surface area contributed by atoms with E-state index in [2.05, 4.69) is 51.8 Å². The fourth-order valence-electron chi connectivity index (χ4n) is 3.30. The van der Waals surface area contributed by atoms with Crippen LogP contribution in [0.1, 0.15) is 80.1 Å². The summed E-state index contributed by atoms with van der Waals surface area (Å²) in [5.74, 6) is 1.51. The highest BCUT2D eigenvalue weighted by molar-refractivity contribution is 5.85. The molecule has 0 bridgehead atoms. The zero-order chi connectivity index (χ0) is 16.0. The van der Waals surface area contributed by atoms with Gasteiger partial charge < -0.3 is 4.90 Å². The highest BCUT2D eigenvalue weighted by Crippen LogP contribution is 2.25. The molecule has 1 fully saturated rings. The summed E-state index contributed by atoms with van der Waals surface area (Å²) < 4.78 is 0. The maximum Gasteiger partial charge on any atom is 0.241 e. The van der Waals surface area contributed by atoms with Crippen LogP contribution in [0, 0.1) is 11.8 Å². The van der Waals surface area contributed by atoms with Gasteiger partial charge in [0, 0.05) is 6.04 Å². The first-order valence-corrected chi connectivity index (χ1v) is 9.00. The van der Waals surface area contributed by atoms with E-state index in [-0.39, 0.29) is 12.2 Å². The number of nitrogens with one attached hydrogen (secondary N) is 1. The van der Waals surface area contributed by atoms with Crippen LogP contribution in [0.2, 0.25) is 0 Å². The lowest BCUT2D eigenvalue weighted by Gasteiger charge is -2.30. The van der Waals surface area contributed by atoms with Crippen molar-refractivity contribution in [2.24, 2.45) is 11.8 Å². The van der Waals surface area contributed by atoms with E-state index in [0.29, 0.717) is 17.9 Å². The molecule has 0 aromatic carbocycles. The number of amides is 1. The molecule has 3 heteroatoms. The van der Waals surface area contributed by atoms with E-state index in [9.17, 15) is 4.79 Å². The number of nitrogens with zero attached hydrogens (tertiary/aromatic N) is 1. The predicted octanol–water partition coefficient (Wildman–Crippen LogP) is 4.17. The van der Waals surface area contributed by atoms with Gasteiger partial charge in [-0.3, -0.25) is 10.1 Å². The molecule has 3 nitrogen and oxygen atoms in total. The third-order valence-electron chi connectivity index (χ3n) is 4.88. The second-order valence-electron chi connectivity index (χ2n) is 7.25. The fraction of sp³-hybridized carbons (Fsp3) is 0.944. The van der Waals surface area contributed by atoms with E-state index in [1.807, 2.05) is 0 Å². The largest absolute Gasteiger partial charge is 0.323 e. The van der Waals surface area contributed by atoms with Gasteiger partial charge in [0.25, 0.3) is 0 Å². The van der Waals surface area contributed by atoms with Gasteiger partial charge in [-0.15, -0.1) is 0 Å². The smallest absolute Gasteiger partial charge is 0.241 e. The van der Waals surface area contributed by atoms with Gasteiger partial charge in [-0.05, 0) is 31.6 Å². The molecular formula is C18H36N2O. The zero-order valence-electron chi connectivity index (χ0n) is 15.0. The third kappa shape index (κ3) is 4.98. The lowest BCUT2D eigenvalue weighted by molar-refractivity contribution is -0.133. The average molecular weight is 296 g/mol. The Morgan fingerprint density at radius 1 is 1.14 bits per heavy atom. The Labute approximate surface area is 131 Å². The van der Waals surface area contributed by atoms with Gasteiger partial charge in [0.05, 0.1) is 12.2 Å². The van der Waals surface area contributed by atoms with Crippen molar-refractivity contribution in [3.05, 3.63) is 0 Å². The first-order valence-electron chi connectivity index (χ1n) is 9.00. The van der Waals surface area contributed by atoms with E-state index < -0.39 is 0 Å². The Morgan fingerprint density at radius 3 is 2.33 bits per heavy atom. The van der Waals surface area contributed by atoms with Crippen LogP contribution >= 0.6 is 0 Å². The van der Waals surface area contributed by atoms with Crippen LogP contribution in [0.4, 0.5) is 0 Å². The Bertz CT molecular complexity index is 316. The van der Waals surface area contributed by atoms with Crippen LogP contribution in [0.5, 0.6) is 0 Å². The number of hydrogen-bond donors (Lipinski definition) is 1. The molecule has 1 N–H and O–H groups in total. The second kappa shape index (κ2) is 8.77. The maximum absolute atomic E-state index is 12.8. The average Bonchev–Trinajstić information content (AvgIpc) is 2.74. The summed E-state index contributed by atoms with van der Waals surface area (Å²) in [6.45, 7) is 13.3. The molecule has 0 spiro atoms. The molecule has 4 unspecified atom stereocenters. The minimum absolute atomic E-state index is 0.0269. The summed E-state index contributed by atoms with van der Waals surface area (Å²) in [5.41, 5.74) is 0. The molecule has 1 aliphatic rings. The highest BCUT2D eigenvalue weighted by atomic mass is 16.2. The summed E-state index contributed by atoms with van der Waals surface area (Å²) in [4.78, 5) is 14.9. The predicted molar refractivity (Wildman–Crippen MR) is 90.1 cm³/mol. The lowest BCUT2D eigenvalue weighted by atomic mass is 9.98. The van der Waals surface area contributed by atoms with Crippen molar-refractivity contribution < 1.29 is 4.79 Å². The number of carbonyl (C=O) groups is 1. The summed E-state index contributed by atoms with van der Waals surface area (Å²) in [6, 6.07) is 0.383. The normalized spacial score (nSPS) is 25.7. The summed E-state index contributed by atoms with van der Waals surface area (Å²) in [7, 11) is 0. The fourth-order valence-corrected chi connectivity index (χ4v) is 3.30. The Morgan fingerprint density at radius 2 is 1.81 bits per heavy atom. The number of hydrogen-bond acceptors (Lipinski definition) is 2. The quantitative estimate of drug-likeness (QED) is 0.692. The van der Waals surface area contributed by atoms with E-state index in [4.69, 9.17) is 0 Å². The minimum Gasteiger partial charge on any atom is -0.323 e. The van der Waals surface area contributed by atoms with Crippen LogP contribution in [-0.4, -0.2) is 29.1 Å². The lowest BCUT2D eigenvalue weighted by Crippen LogP contribution is -2.43. The van der Waals surface area contributed by atoms with Crippen molar-refractivity contribution in [1.82, 2.24) is 10.2 Å². The molecule has 0 aromatic heterocycles. The van der Waals surface area contributed by atoms with Gasteiger partial charge in [-0.1, -0.05) is 60.3 Å². The third-order valence-corrected chi connectivity index (χ3v) is 4.88. The summed E-state index contributed by atoms with van der Waals surface area (Å²) >= 11 is 0. The van der Waals surface area contributed by atoms with Crippen LogP contribution in [0.15, 0.2) is 0 Å². The van der Waals surface area contributed by atoms with Gasteiger partial charge in [0.15, 0.2) is 0 Å². The van der Waals surface area contributed by atoms with E-state index in [0.717, 1.165) is 31.6 Å². The van der Waals surface area contributed by atoms with Crippen molar-refractivity contribution in [3.63, 3.8) is 0 Å². The van der Waals surface area contributed by atoms with E-state index in [1.165, 1.54) is 12.8 Å². The van der Waals surface area contributed by atoms with Gasteiger partial charge in [0.1, 0.15) is 0 Å². The van der Waals surface area contributed by atoms with Gasteiger partial charge in [0.2, 0.25) is 5.91 Å². The molecule has 4 atom stereocenters. The van der Waals surface area contributed by atoms with Gasteiger partial charge in [-0.2, -0.15) is 0 Å². The molecule has 1 amide bonds. The number of carbonyl (C=O) groups excluding carboxylic acids is 1.